The summed E-state index contributed by atoms with van der Waals surface area (Å²) < 4.78 is 13.4. The fourth-order valence-electron chi connectivity index (χ4n) is 3.39. The molecule has 0 aliphatic rings. The van der Waals surface area contributed by atoms with Gasteiger partial charge in [-0.15, -0.1) is 22.7 Å². The quantitative estimate of drug-likeness (QED) is 0.384. The molecule has 0 saturated heterocycles. The lowest BCUT2D eigenvalue weighted by atomic mass is 10.2. The first kappa shape index (κ1) is 21.6. The molecule has 1 N–H and O–H groups in total. The zero-order chi connectivity index (χ0) is 21.8. The number of carbonyl (C=O) groups is 1. The summed E-state index contributed by atoms with van der Waals surface area (Å²) in [5.41, 5.74) is 1.92. The van der Waals surface area contributed by atoms with Gasteiger partial charge in [0.2, 0.25) is 0 Å². The summed E-state index contributed by atoms with van der Waals surface area (Å²) in [4.78, 5) is 22.0. The standard InChI is InChI=1S/C22H26N4O3S2/c1-4-25(5-2)8-10-29-17-7-6-15(12-18(17)28-3)14-23-20(27)19-13-16-21(31-19)24-22-26(16)9-11-30-22/h6-7,9,11-13H,4-5,8,10,14H2,1-3H3,(H,23,27). The van der Waals surface area contributed by atoms with Crippen LogP contribution in [0.15, 0.2) is 35.8 Å². The number of nitrogens with zero attached hydrogens (tertiary/aromatic N) is 3. The third-order valence-corrected chi connectivity index (χ3v) is 6.98. The second-order valence-corrected chi connectivity index (χ2v) is 8.92. The van der Waals surface area contributed by atoms with Crippen LogP contribution in [-0.2, 0) is 6.54 Å². The van der Waals surface area contributed by atoms with Crippen molar-refractivity contribution in [2.45, 2.75) is 20.4 Å². The van der Waals surface area contributed by atoms with Gasteiger partial charge >= 0.3 is 0 Å². The molecule has 1 amide bonds. The van der Waals surface area contributed by atoms with Gasteiger partial charge in [-0.2, -0.15) is 0 Å². The Hall–Kier alpha value is -2.62. The number of fused-ring (bicyclic) bond motifs is 3. The van der Waals surface area contributed by atoms with Gasteiger partial charge in [0.15, 0.2) is 16.5 Å². The van der Waals surface area contributed by atoms with E-state index in [-0.39, 0.29) is 5.91 Å². The molecule has 0 atom stereocenters. The highest BCUT2D eigenvalue weighted by Crippen LogP contribution is 2.29. The van der Waals surface area contributed by atoms with Crippen molar-refractivity contribution in [3.63, 3.8) is 0 Å². The molecule has 9 heteroatoms. The Morgan fingerprint density at radius 2 is 2.06 bits per heavy atom. The summed E-state index contributed by atoms with van der Waals surface area (Å²) in [6.07, 6.45) is 1.97. The Morgan fingerprint density at radius 3 is 2.84 bits per heavy atom. The van der Waals surface area contributed by atoms with E-state index >= 15 is 0 Å². The minimum absolute atomic E-state index is 0.106. The number of amides is 1. The van der Waals surface area contributed by atoms with Gasteiger partial charge in [-0.25, -0.2) is 4.98 Å². The van der Waals surface area contributed by atoms with Gasteiger partial charge in [0.05, 0.1) is 17.5 Å². The van der Waals surface area contributed by atoms with Crippen molar-refractivity contribution in [2.24, 2.45) is 0 Å². The Kier molecular flexibility index (Phi) is 6.74. The van der Waals surface area contributed by atoms with E-state index in [1.165, 1.54) is 11.3 Å². The molecule has 0 aliphatic heterocycles. The molecule has 7 nitrogen and oxygen atoms in total. The molecule has 3 heterocycles. The lowest BCUT2D eigenvalue weighted by Crippen LogP contribution is -2.28. The zero-order valence-electron chi connectivity index (χ0n) is 17.9. The monoisotopic (exact) mass is 458 g/mol. The van der Waals surface area contributed by atoms with Crippen LogP contribution in [0.4, 0.5) is 0 Å². The fraction of sp³-hybridized carbons (Fsp3) is 0.364. The first-order chi connectivity index (χ1) is 15.1. The predicted octanol–water partition coefficient (Wildman–Crippen LogP) is 4.27. The average molecular weight is 459 g/mol. The topological polar surface area (TPSA) is 68.1 Å². The van der Waals surface area contributed by atoms with Gasteiger partial charge in [-0.1, -0.05) is 19.9 Å². The van der Waals surface area contributed by atoms with Crippen LogP contribution in [0.5, 0.6) is 11.5 Å². The molecule has 0 fully saturated rings. The van der Waals surface area contributed by atoms with E-state index < -0.39 is 0 Å². The van der Waals surface area contributed by atoms with Crippen LogP contribution in [0.2, 0.25) is 0 Å². The third-order valence-electron chi connectivity index (χ3n) is 5.20. The molecule has 0 aliphatic carbocycles. The van der Waals surface area contributed by atoms with Crippen LogP contribution in [0.1, 0.15) is 29.1 Å². The van der Waals surface area contributed by atoms with Gasteiger partial charge < -0.3 is 19.7 Å². The molecular formula is C22H26N4O3S2. The highest BCUT2D eigenvalue weighted by atomic mass is 32.1. The third kappa shape index (κ3) is 4.68. The molecule has 4 aromatic rings. The number of hydrogen-bond donors (Lipinski definition) is 1. The normalized spacial score (nSPS) is 11.5. The Morgan fingerprint density at radius 1 is 1.23 bits per heavy atom. The number of rotatable bonds is 10. The summed E-state index contributed by atoms with van der Waals surface area (Å²) in [6, 6.07) is 7.66. The number of nitrogens with one attached hydrogen (secondary N) is 1. The number of benzene rings is 1. The first-order valence-corrected chi connectivity index (χ1v) is 12.0. The number of likely N-dealkylation sites (N-methyl/N-ethyl adjacent to an activating group) is 1. The van der Waals surface area contributed by atoms with Crippen molar-refractivity contribution < 1.29 is 14.3 Å². The van der Waals surface area contributed by atoms with Crippen LogP contribution < -0.4 is 14.8 Å². The van der Waals surface area contributed by atoms with Crippen LogP contribution in [0.3, 0.4) is 0 Å². The second-order valence-electron chi connectivity index (χ2n) is 7.01. The molecule has 0 unspecified atom stereocenters. The van der Waals surface area contributed by atoms with Gasteiger partial charge in [-0.05, 0) is 36.9 Å². The Bertz CT molecular complexity index is 1180. The van der Waals surface area contributed by atoms with Crippen molar-refractivity contribution >= 4 is 43.9 Å². The SMILES string of the molecule is CCN(CC)CCOc1ccc(CNC(=O)c2cc3c(nc4sccn43)s2)cc1OC. The maximum Gasteiger partial charge on any atom is 0.261 e. The minimum atomic E-state index is -0.106. The number of methoxy groups -OCH3 is 1. The van der Waals surface area contributed by atoms with E-state index in [1.54, 1.807) is 18.4 Å². The predicted molar refractivity (Wildman–Crippen MR) is 126 cm³/mol. The molecular weight excluding hydrogens is 432 g/mol. The van der Waals surface area contributed by atoms with E-state index in [1.807, 2.05) is 40.2 Å². The summed E-state index contributed by atoms with van der Waals surface area (Å²) in [5, 5.41) is 4.98. The van der Waals surface area contributed by atoms with E-state index in [0.29, 0.717) is 29.5 Å². The van der Waals surface area contributed by atoms with E-state index in [0.717, 1.165) is 40.5 Å². The number of hydrogen-bond acceptors (Lipinski definition) is 7. The summed E-state index contributed by atoms with van der Waals surface area (Å²) >= 11 is 3.00. The molecule has 164 valence electrons. The summed E-state index contributed by atoms with van der Waals surface area (Å²) in [7, 11) is 1.63. The molecule has 0 bridgehead atoms. The highest BCUT2D eigenvalue weighted by Gasteiger charge is 2.15. The van der Waals surface area contributed by atoms with Crippen LogP contribution in [0.25, 0.3) is 15.3 Å². The zero-order valence-corrected chi connectivity index (χ0v) is 19.5. The van der Waals surface area contributed by atoms with Gasteiger partial charge in [0.25, 0.3) is 5.91 Å². The van der Waals surface area contributed by atoms with Crippen LogP contribution in [-0.4, -0.2) is 53.5 Å². The number of ether oxygens (including phenoxy) is 2. The number of carbonyl (C=O) groups excluding carboxylic acids is 1. The molecule has 4 rings (SSSR count). The van der Waals surface area contributed by atoms with Crippen molar-refractivity contribution in [3.05, 3.63) is 46.3 Å². The molecule has 0 radical (unpaired) electrons. The fourth-order valence-corrected chi connectivity index (χ4v) is 5.11. The Balaban J connectivity index is 1.37. The van der Waals surface area contributed by atoms with E-state index in [2.05, 4.69) is 29.0 Å². The lowest BCUT2D eigenvalue weighted by Gasteiger charge is -2.19. The van der Waals surface area contributed by atoms with Crippen molar-refractivity contribution in [2.75, 3.05) is 33.4 Å². The van der Waals surface area contributed by atoms with Crippen molar-refractivity contribution in [1.29, 1.82) is 0 Å². The average Bonchev–Trinajstić information content (AvgIpc) is 3.48. The van der Waals surface area contributed by atoms with Crippen molar-refractivity contribution in [3.8, 4) is 11.5 Å². The first-order valence-electron chi connectivity index (χ1n) is 10.3. The maximum absolute atomic E-state index is 12.6. The van der Waals surface area contributed by atoms with E-state index in [9.17, 15) is 4.79 Å². The molecule has 31 heavy (non-hydrogen) atoms. The number of thiophene rings is 1. The van der Waals surface area contributed by atoms with Crippen molar-refractivity contribution in [1.82, 2.24) is 19.6 Å². The number of imidazole rings is 1. The van der Waals surface area contributed by atoms with Gasteiger partial charge in [0.1, 0.15) is 11.4 Å². The summed E-state index contributed by atoms with van der Waals surface area (Å²) in [5.74, 6) is 1.27. The highest BCUT2D eigenvalue weighted by molar-refractivity contribution is 7.21. The van der Waals surface area contributed by atoms with Crippen LogP contribution >= 0.6 is 22.7 Å². The largest absolute Gasteiger partial charge is 0.493 e. The maximum atomic E-state index is 12.6. The smallest absolute Gasteiger partial charge is 0.261 e. The van der Waals surface area contributed by atoms with Crippen LogP contribution in [0, 0.1) is 0 Å². The molecule has 0 saturated carbocycles. The second kappa shape index (κ2) is 9.67. The molecule has 0 spiro atoms. The number of aromatic nitrogens is 2. The van der Waals surface area contributed by atoms with E-state index in [4.69, 9.17) is 9.47 Å². The lowest BCUT2D eigenvalue weighted by molar-refractivity contribution is 0.0955. The summed E-state index contributed by atoms with van der Waals surface area (Å²) in [6.45, 7) is 8.18. The van der Waals surface area contributed by atoms with Gasteiger partial charge in [-0.3, -0.25) is 9.20 Å². The number of thiazole rings is 1. The molecule has 3 aromatic heterocycles. The Labute approximate surface area is 189 Å². The minimum Gasteiger partial charge on any atom is -0.493 e. The van der Waals surface area contributed by atoms with Gasteiger partial charge in [0, 0.05) is 24.7 Å². The molecule has 1 aromatic carbocycles.